The van der Waals surface area contributed by atoms with E-state index in [1.54, 1.807) is 6.20 Å². The average Bonchev–Trinajstić information content (AvgIpc) is 3.11. The number of nitrogens with zero attached hydrogens (tertiary/aromatic N) is 3. The summed E-state index contributed by atoms with van der Waals surface area (Å²) in [7, 11) is 0. The predicted octanol–water partition coefficient (Wildman–Crippen LogP) is 3.31. The monoisotopic (exact) mass is 315 g/mol. The first kappa shape index (κ1) is 14.5. The van der Waals surface area contributed by atoms with Crippen LogP contribution in [0.15, 0.2) is 67.3 Å². The van der Waals surface area contributed by atoms with Crippen molar-refractivity contribution in [2.75, 3.05) is 0 Å². The van der Waals surface area contributed by atoms with Gasteiger partial charge in [0.25, 0.3) is 0 Å². The molecule has 0 amide bonds. The number of H-pyrrole nitrogens is 1. The average molecular weight is 315 g/mol. The van der Waals surface area contributed by atoms with Gasteiger partial charge in [-0.25, -0.2) is 4.98 Å². The van der Waals surface area contributed by atoms with Crippen molar-refractivity contribution in [1.29, 1.82) is 0 Å². The van der Waals surface area contributed by atoms with Gasteiger partial charge >= 0.3 is 0 Å². The standard InChI is InChI=1S/C19H17N5/c1-2-4-14(5-3-1)8-20-9-15-6-16(11-21-10-15)17-7-18-13-23-24-19(18)22-12-17/h1-7,10-13,20H,8-9H2,(H,22,23,24). The van der Waals surface area contributed by atoms with Crippen molar-refractivity contribution < 1.29 is 0 Å². The fourth-order valence-corrected chi connectivity index (χ4v) is 2.68. The third-order valence-corrected chi connectivity index (χ3v) is 3.92. The molecule has 0 unspecified atom stereocenters. The molecule has 0 aliphatic rings. The van der Waals surface area contributed by atoms with E-state index in [2.05, 4.69) is 61.9 Å². The third kappa shape index (κ3) is 3.16. The van der Waals surface area contributed by atoms with Gasteiger partial charge in [-0.3, -0.25) is 10.1 Å². The minimum absolute atomic E-state index is 0.775. The molecular formula is C19H17N5. The van der Waals surface area contributed by atoms with Crippen LogP contribution in [0.3, 0.4) is 0 Å². The maximum Gasteiger partial charge on any atom is 0.155 e. The summed E-state index contributed by atoms with van der Waals surface area (Å²) in [5, 5.41) is 11.3. The van der Waals surface area contributed by atoms with Crippen molar-refractivity contribution in [2.45, 2.75) is 13.1 Å². The van der Waals surface area contributed by atoms with E-state index in [-0.39, 0.29) is 0 Å². The van der Waals surface area contributed by atoms with Crippen LogP contribution in [0.5, 0.6) is 0 Å². The highest BCUT2D eigenvalue weighted by molar-refractivity contribution is 5.80. The summed E-state index contributed by atoms with van der Waals surface area (Å²) in [5.74, 6) is 0. The van der Waals surface area contributed by atoms with Gasteiger partial charge in [-0.1, -0.05) is 30.3 Å². The molecule has 0 bridgehead atoms. The fraction of sp³-hybridized carbons (Fsp3) is 0.105. The molecule has 5 nitrogen and oxygen atoms in total. The maximum atomic E-state index is 4.39. The van der Waals surface area contributed by atoms with Gasteiger partial charge in [-0.2, -0.15) is 5.10 Å². The molecule has 0 radical (unpaired) electrons. The second kappa shape index (κ2) is 6.60. The smallest absolute Gasteiger partial charge is 0.155 e. The lowest BCUT2D eigenvalue weighted by Crippen LogP contribution is -2.12. The van der Waals surface area contributed by atoms with Crippen LogP contribution in [0.2, 0.25) is 0 Å². The Morgan fingerprint density at radius 1 is 0.833 bits per heavy atom. The number of benzene rings is 1. The molecule has 0 atom stereocenters. The van der Waals surface area contributed by atoms with Crippen LogP contribution < -0.4 is 5.32 Å². The van der Waals surface area contributed by atoms with Gasteiger partial charge in [0, 0.05) is 48.2 Å². The largest absolute Gasteiger partial charge is 0.309 e. The molecule has 0 aliphatic carbocycles. The van der Waals surface area contributed by atoms with Gasteiger partial charge in [-0.15, -0.1) is 0 Å². The van der Waals surface area contributed by atoms with Crippen LogP contribution in [0.1, 0.15) is 11.1 Å². The summed E-state index contributed by atoms with van der Waals surface area (Å²) < 4.78 is 0. The van der Waals surface area contributed by atoms with Crippen LogP contribution >= 0.6 is 0 Å². The SMILES string of the molecule is c1ccc(CNCc2cncc(-c3cnc4[nH]ncc4c3)c2)cc1. The van der Waals surface area contributed by atoms with Crippen molar-refractivity contribution in [2.24, 2.45) is 0 Å². The first-order valence-electron chi connectivity index (χ1n) is 7.86. The van der Waals surface area contributed by atoms with E-state index in [0.717, 1.165) is 40.8 Å². The number of aromatic amines is 1. The van der Waals surface area contributed by atoms with E-state index in [9.17, 15) is 0 Å². The quantitative estimate of drug-likeness (QED) is 0.593. The molecule has 4 rings (SSSR count). The second-order valence-electron chi connectivity index (χ2n) is 5.70. The maximum absolute atomic E-state index is 4.39. The summed E-state index contributed by atoms with van der Waals surface area (Å²) in [6, 6.07) is 14.6. The van der Waals surface area contributed by atoms with Crippen molar-refractivity contribution in [3.8, 4) is 11.1 Å². The molecule has 5 heteroatoms. The number of rotatable bonds is 5. The number of pyridine rings is 2. The number of fused-ring (bicyclic) bond motifs is 1. The molecule has 2 N–H and O–H groups in total. The van der Waals surface area contributed by atoms with Crippen LogP contribution in [0, 0.1) is 0 Å². The van der Waals surface area contributed by atoms with Gasteiger partial charge in [0.05, 0.1) is 6.20 Å². The zero-order valence-corrected chi connectivity index (χ0v) is 13.1. The zero-order valence-electron chi connectivity index (χ0n) is 13.1. The highest BCUT2D eigenvalue weighted by Gasteiger charge is 2.04. The Labute approximate surface area is 139 Å². The molecule has 24 heavy (non-hydrogen) atoms. The van der Waals surface area contributed by atoms with E-state index in [0.29, 0.717) is 0 Å². The highest BCUT2D eigenvalue weighted by Crippen LogP contribution is 2.21. The summed E-state index contributed by atoms with van der Waals surface area (Å²) >= 11 is 0. The lowest BCUT2D eigenvalue weighted by molar-refractivity contribution is 0.691. The van der Waals surface area contributed by atoms with Crippen molar-refractivity contribution >= 4 is 11.0 Å². The molecule has 0 aliphatic heterocycles. The Hall–Kier alpha value is -3.05. The molecule has 1 aromatic carbocycles. The number of hydrogen-bond acceptors (Lipinski definition) is 4. The summed E-state index contributed by atoms with van der Waals surface area (Å²) in [5.41, 5.74) is 5.32. The first-order valence-corrected chi connectivity index (χ1v) is 7.86. The fourth-order valence-electron chi connectivity index (χ4n) is 2.68. The van der Waals surface area contributed by atoms with Crippen molar-refractivity contribution in [1.82, 2.24) is 25.5 Å². The Kier molecular flexibility index (Phi) is 4.00. The Bertz CT molecular complexity index is 946. The van der Waals surface area contributed by atoms with E-state index in [1.165, 1.54) is 5.56 Å². The zero-order chi connectivity index (χ0) is 16.2. The molecule has 0 spiro atoms. The normalized spacial score (nSPS) is 11.0. The topological polar surface area (TPSA) is 66.5 Å². The van der Waals surface area contributed by atoms with Crippen molar-refractivity contribution in [3.63, 3.8) is 0 Å². The molecule has 0 saturated heterocycles. The minimum atomic E-state index is 0.775. The van der Waals surface area contributed by atoms with Crippen LogP contribution in [0.4, 0.5) is 0 Å². The van der Waals surface area contributed by atoms with E-state index in [4.69, 9.17) is 0 Å². The summed E-state index contributed by atoms with van der Waals surface area (Å²) in [4.78, 5) is 8.75. The van der Waals surface area contributed by atoms with Gasteiger partial charge < -0.3 is 5.32 Å². The number of nitrogens with one attached hydrogen (secondary N) is 2. The lowest BCUT2D eigenvalue weighted by atomic mass is 10.1. The predicted molar refractivity (Wildman–Crippen MR) is 94.1 cm³/mol. The van der Waals surface area contributed by atoms with Gasteiger partial charge in [0.2, 0.25) is 0 Å². The van der Waals surface area contributed by atoms with Crippen LogP contribution in [0.25, 0.3) is 22.2 Å². The molecule has 4 aromatic rings. The minimum Gasteiger partial charge on any atom is -0.309 e. The second-order valence-corrected chi connectivity index (χ2v) is 5.70. The van der Waals surface area contributed by atoms with Gasteiger partial charge in [0.15, 0.2) is 5.65 Å². The molecule has 3 heterocycles. The van der Waals surface area contributed by atoms with Crippen LogP contribution in [-0.2, 0) is 13.1 Å². The van der Waals surface area contributed by atoms with Crippen LogP contribution in [-0.4, -0.2) is 20.2 Å². The summed E-state index contributed by atoms with van der Waals surface area (Å²) in [6.07, 6.45) is 7.39. The Morgan fingerprint density at radius 3 is 2.58 bits per heavy atom. The Balaban J connectivity index is 1.48. The lowest BCUT2D eigenvalue weighted by Gasteiger charge is -2.07. The summed E-state index contributed by atoms with van der Waals surface area (Å²) in [6.45, 7) is 1.62. The molecular weight excluding hydrogens is 298 g/mol. The molecule has 118 valence electrons. The van der Waals surface area contributed by atoms with E-state index < -0.39 is 0 Å². The van der Waals surface area contributed by atoms with E-state index >= 15 is 0 Å². The molecule has 3 aromatic heterocycles. The molecule has 0 fully saturated rings. The number of aromatic nitrogens is 4. The first-order chi connectivity index (χ1) is 11.9. The van der Waals surface area contributed by atoms with Crippen molar-refractivity contribution in [3.05, 3.63) is 78.4 Å². The van der Waals surface area contributed by atoms with Gasteiger partial charge in [0.1, 0.15) is 0 Å². The molecule has 0 saturated carbocycles. The van der Waals surface area contributed by atoms with E-state index in [1.807, 2.05) is 24.7 Å². The highest BCUT2D eigenvalue weighted by atomic mass is 15.1. The third-order valence-electron chi connectivity index (χ3n) is 3.92. The van der Waals surface area contributed by atoms with Gasteiger partial charge in [-0.05, 0) is 23.3 Å². The number of hydrogen-bond donors (Lipinski definition) is 2. The Morgan fingerprint density at radius 2 is 1.67 bits per heavy atom.